The van der Waals surface area contributed by atoms with Crippen LogP contribution in [0.3, 0.4) is 0 Å². The van der Waals surface area contributed by atoms with Gasteiger partial charge in [0.25, 0.3) is 0 Å². The number of H-pyrrole nitrogens is 2. The highest BCUT2D eigenvalue weighted by molar-refractivity contribution is 6.00. The maximum absolute atomic E-state index is 13.8. The maximum Gasteiger partial charge on any atom is 0.335 e. The zero-order chi connectivity index (χ0) is 43.8. The van der Waals surface area contributed by atoms with Crippen molar-refractivity contribution in [1.82, 2.24) is 34.7 Å². The Balaban J connectivity index is 0.000000167. The summed E-state index contributed by atoms with van der Waals surface area (Å²) in [6, 6.07) is 27.4. The molecular formula is C49H41F2N7O5. The van der Waals surface area contributed by atoms with Crippen molar-refractivity contribution in [2.75, 3.05) is 13.2 Å². The number of rotatable bonds is 8. The molecule has 1 aliphatic heterocycles. The number of aromatic carboxylic acids is 1. The van der Waals surface area contributed by atoms with Gasteiger partial charge in [-0.3, -0.25) is 9.89 Å². The molecule has 0 spiro atoms. The number of hydrogen-bond acceptors (Lipinski definition) is 6. The van der Waals surface area contributed by atoms with E-state index in [4.69, 9.17) is 4.74 Å². The van der Waals surface area contributed by atoms with Gasteiger partial charge in [0.1, 0.15) is 22.7 Å². The Kier molecular flexibility index (Phi) is 11.0. The summed E-state index contributed by atoms with van der Waals surface area (Å²) < 4.78 is 37.2. The SMILES string of the molecule is CC(C)c1c(CCC(=O)O)c2cc3n[nH]nc3cc2n1-c1ccc(F)cc1.O=C(O)c1ccc(C#Cc2c(C3CCOCC3)n(-c3ccc(F)cc3)c3cc4cn[nH]c4cc23)cc1. The summed E-state index contributed by atoms with van der Waals surface area (Å²) in [7, 11) is 0. The number of aromatic amines is 2. The normalized spacial score (nSPS) is 13.1. The fourth-order valence-electron chi connectivity index (χ4n) is 8.61. The van der Waals surface area contributed by atoms with Gasteiger partial charge in [-0.15, -0.1) is 0 Å². The van der Waals surface area contributed by atoms with Gasteiger partial charge in [-0.25, -0.2) is 13.6 Å². The summed E-state index contributed by atoms with van der Waals surface area (Å²) in [6.07, 6.45) is 3.97. The maximum atomic E-state index is 13.8. The number of carboxylic acids is 2. The third kappa shape index (κ3) is 8.02. The second-order valence-electron chi connectivity index (χ2n) is 15.8. The van der Waals surface area contributed by atoms with Crippen LogP contribution in [0.1, 0.15) is 83.4 Å². The smallest absolute Gasteiger partial charge is 0.335 e. The Labute approximate surface area is 359 Å². The molecule has 9 aromatic rings. The van der Waals surface area contributed by atoms with E-state index in [-0.39, 0.29) is 35.5 Å². The van der Waals surface area contributed by atoms with E-state index in [0.29, 0.717) is 19.6 Å². The van der Waals surface area contributed by atoms with Crippen molar-refractivity contribution < 1.29 is 33.3 Å². The molecule has 14 heteroatoms. The highest BCUT2D eigenvalue weighted by atomic mass is 19.1. The molecule has 0 bridgehead atoms. The summed E-state index contributed by atoms with van der Waals surface area (Å²) in [5, 5.41) is 39.5. The second-order valence-corrected chi connectivity index (χ2v) is 15.8. The van der Waals surface area contributed by atoms with Crippen molar-refractivity contribution in [3.8, 4) is 23.2 Å². The van der Waals surface area contributed by atoms with Crippen LogP contribution >= 0.6 is 0 Å². The summed E-state index contributed by atoms with van der Waals surface area (Å²) >= 11 is 0. The monoisotopic (exact) mass is 845 g/mol. The molecule has 4 aromatic heterocycles. The van der Waals surface area contributed by atoms with Crippen molar-refractivity contribution in [2.24, 2.45) is 0 Å². The number of carbonyl (C=O) groups is 2. The molecule has 0 aliphatic carbocycles. The molecule has 4 N–H and O–H groups in total. The number of benzene rings is 5. The van der Waals surface area contributed by atoms with E-state index in [1.807, 2.05) is 12.1 Å². The van der Waals surface area contributed by atoms with Crippen LogP contribution < -0.4 is 0 Å². The average Bonchev–Trinajstić information content (AvgIpc) is 4.08. The number of aryl methyl sites for hydroxylation is 1. The van der Waals surface area contributed by atoms with E-state index < -0.39 is 11.9 Å². The molecule has 1 aliphatic rings. The molecular weight excluding hydrogens is 805 g/mol. The summed E-state index contributed by atoms with van der Waals surface area (Å²) in [4.78, 5) is 22.4. The lowest BCUT2D eigenvalue weighted by Gasteiger charge is -2.25. The molecule has 12 nitrogen and oxygen atoms in total. The molecule has 316 valence electrons. The topological polar surface area (TPSA) is 164 Å². The molecule has 5 heterocycles. The third-order valence-corrected chi connectivity index (χ3v) is 11.5. The number of nitrogens with one attached hydrogen (secondary N) is 2. The largest absolute Gasteiger partial charge is 0.481 e. The molecule has 0 radical (unpaired) electrons. The number of halogens is 2. The molecule has 1 fully saturated rings. The Hall–Kier alpha value is -7.63. The Morgan fingerprint density at radius 1 is 0.810 bits per heavy atom. The molecule has 0 saturated carbocycles. The number of aromatic nitrogens is 7. The van der Waals surface area contributed by atoms with Crippen molar-refractivity contribution in [3.05, 3.63) is 149 Å². The van der Waals surface area contributed by atoms with Crippen LogP contribution in [0, 0.1) is 23.5 Å². The minimum absolute atomic E-state index is 0.0408. The number of hydrogen-bond donors (Lipinski definition) is 4. The van der Waals surface area contributed by atoms with Gasteiger partial charge < -0.3 is 24.1 Å². The minimum Gasteiger partial charge on any atom is -0.481 e. The van der Waals surface area contributed by atoms with Crippen LogP contribution in [0.4, 0.5) is 8.78 Å². The molecule has 5 aromatic carbocycles. The van der Waals surface area contributed by atoms with Crippen LogP contribution in [-0.2, 0) is 16.0 Å². The lowest BCUT2D eigenvalue weighted by atomic mass is 9.92. The highest BCUT2D eigenvalue weighted by Crippen LogP contribution is 2.40. The lowest BCUT2D eigenvalue weighted by molar-refractivity contribution is -0.136. The van der Waals surface area contributed by atoms with Gasteiger partial charge in [-0.2, -0.15) is 20.5 Å². The lowest BCUT2D eigenvalue weighted by Crippen LogP contribution is -2.17. The van der Waals surface area contributed by atoms with Gasteiger partial charge in [-0.1, -0.05) is 25.7 Å². The third-order valence-electron chi connectivity index (χ3n) is 11.5. The van der Waals surface area contributed by atoms with Gasteiger partial charge in [0.2, 0.25) is 0 Å². The second kappa shape index (κ2) is 17.0. The number of carboxylic acid groups (broad SMARTS) is 2. The van der Waals surface area contributed by atoms with E-state index in [9.17, 15) is 28.6 Å². The molecule has 0 unspecified atom stereocenters. The van der Waals surface area contributed by atoms with E-state index in [1.54, 1.807) is 54.7 Å². The van der Waals surface area contributed by atoms with Gasteiger partial charge >= 0.3 is 11.9 Å². The highest BCUT2D eigenvalue weighted by Gasteiger charge is 2.27. The van der Waals surface area contributed by atoms with Gasteiger partial charge in [-0.05, 0) is 128 Å². The number of ether oxygens (including phenoxy) is 1. The van der Waals surface area contributed by atoms with Crippen molar-refractivity contribution in [1.29, 1.82) is 0 Å². The first-order chi connectivity index (χ1) is 30.5. The van der Waals surface area contributed by atoms with Gasteiger partial charge in [0, 0.05) is 70.0 Å². The Morgan fingerprint density at radius 3 is 2.08 bits per heavy atom. The first-order valence-corrected chi connectivity index (χ1v) is 20.6. The molecule has 1 saturated heterocycles. The molecule has 63 heavy (non-hydrogen) atoms. The Morgan fingerprint density at radius 2 is 1.44 bits per heavy atom. The fourth-order valence-corrected chi connectivity index (χ4v) is 8.61. The van der Waals surface area contributed by atoms with E-state index >= 15 is 0 Å². The first kappa shape index (κ1) is 40.8. The van der Waals surface area contributed by atoms with Crippen LogP contribution in [0.2, 0.25) is 0 Å². The quantitative estimate of drug-likeness (QED) is 0.110. The predicted octanol–water partition coefficient (Wildman–Crippen LogP) is 9.82. The van der Waals surface area contributed by atoms with Crippen LogP contribution in [0.25, 0.3) is 55.1 Å². The van der Waals surface area contributed by atoms with Crippen LogP contribution in [0.5, 0.6) is 0 Å². The molecule has 10 rings (SSSR count). The van der Waals surface area contributed by atoms with Crippen molar-refractivity contribution >= 4 is 55.7 Å². The number of nitrogens with zero attached hydrogens (tertiary/aromatic N) is 5. The standard InChI is InChI=1S/C29H22FN3O3.C20H19FN4O2/c30-22-6-8-23(9-7-22)33-27-15-21-17-31-32-26(21)16-25(27)24(28(33)19-11-13-36-14-12-19)10-3-18-1-4-20(5-2-18)29(34)35;1-11(2)20-14(7-8-19(26)27)15-9-16-17(23-24-22-16)10-18(15)25(20)13-5-3-12(21)4-6-13/h1-2,4-9,15-17,19H,11-14H2,(H,31,32)(H,34,35);3-6,9-11H,7-8H2,1-2H3,(H,26,27)(H,22,23,24). The van der Waals surface area contributed by atoms with Crippen molar-refractivity contribution in [2.45, 2.75) is 51.4 Å². The number of aliphatic carboxylic acids is 1. The zero-order valence-electron chi connectivity index (χ0n) is 34.3. The summed E-state index contributed by atoms with van der Waals surface area (Å²) in [6.45, 7) is 5.48. The molecule has 0 amide bonds. The van der Waals surface area contributed by atoms with E-state index in [2.05, 4.69) is 72.6 Å². The van der Waals surface area contributed by atoms with E-state index in [0.717, 1.165) is 96.0 Å². The average molecular weight is 846 g/mol. The predicted molar refractivity (Wildman–Crippen MR) is 236 cm³/mol. The van der Waals surface area contributed by atoms with Crippen molar-refractivity contribution in [3.63, 3.8) is 0 Å². The fraction of sp³-hybridized carbons (Fsp3) is 0.204. The van der Waals surface area contributed by atoms with Crippen LogP contribution in [0.15, 0.2) is 103 Å². The van der Waals surface area contributed by atoms with E-state index in [1.165, 1.54) is 24.3 Å². The molecule has 0 atom stereocenters. The zero-order valence-corrected chi connectivity index (χ0v) is 34.3. The van der Waals surface area contributed by atoms with Gasteiger partial charge in [0.05, 0.1) is 33.9 Å². The number of fused-ring (bicyclic) bond motifs is 4. The minimum atomic E-state index is -0.970. The summed E-state index contributed by atoms with van der Waals surface area (Å²) in [5.74, 6) is 4.62. The van der Waals surface area contributed by atoms with Crippen LogP contribution in [-0.4, -0.2) is 70.1 Å². The first-order valence-electron chi connectivity index (χ1n) is 20.6. The Bertz CT molecular complexity index is 3220. The summed E-state index contributed by atoms with van der Waals surface area (Å²) in [5.41, 5.74) is 10.9. The van der Waals surface area contributed by atoms with Gasteiger partial charge in [0.15, 0.2) is 0 Å².